The summed E-state index contributed by atoms with van der Waals surface area (Å²) < 4.78 is 7.54. The van der Waals surface area contributed by atoms with Crippen LogP contribution in [-0.4, -0.2) is 58.8 Å². The number of pyridine rings is 1. The van der Waals surface area contributed by atoms with Crippen molar-refractivity contribution in [2.45, 2.75) is 44.9 Å². The molecule has 6 rings (SSSR count). The van der Waals surface area contributed by atoms with Gasteiger partial charge in [0.2, 0.25) is 5.95 Å². The lowest BCUT2D eigenvalue weighted by Crippen LogP contribution is -2.51. The minimum Gasteiger partial charge on any atom is -0.376 e. The minimum absolute atomic E-state index is 0.0339. The summed E-state index contributed by atoms with van der Waals surface area (Å²) >= 11 is 0. The van der Waals surface area contributed by atoms with Crippen LogP contribution in [0.15, 0.2) is 28.1 Å². The maximum atomic E-state index is 13.5. The van der Waals surface area contributed by atoms with E-state index in [-0.39, 0.29) is 23.1 Å². The molecule has 2 fully saturated rings. The first kappa shape index (κ1) is 19.9. The van der Waals surface area contributed by atoms with E-state index in [9.17, 15) is 4.79 Å². The molecule has 2 aromatic rings. The zero-order valence-electron chi connectivity index (χ0n) is 18.6. The van der Waals surface area contributed by atoms with Crippen molar-refractivity contribution in [3.8, 4) is 0 Å². The van der Waals surface area contributed by atoms with Gasteiger partial charge in [0.1, 0.15) is 11.4 Å². The summed E-state index contributed by atoms with van der Waals surface area (Å²) in [5.41, 5.74) is 9.96. The molecule has 0 unspecified atom stereocenters. The summed E-state index contributed by atoms with van der Waals surface area (Å²) in [5.74, 6) is 1.45. The lowest BCUT2D eigenvalue weighted by Gasteiger charge is -2.41. The van der Waals surface area contributed by atoms with Gasteiger partial charge in [-0.05, 0) is 31.9 Å². The van der Waals surface area contributed by atoms with E-state index in [0.717, 1.165) is 74.4 Å². The quantitative estimate of drug-likeness (QED) is 0.708. The second kappa shape index (κ2) is 7.11. The van der Waals surface area contributed by atoms with Crippen molar-refractivity contribution in [3.05, 3.63) is 45.6 Å². The Hall–Kier alpha value is -2.78. The summed E-state index contributed by atoms with van der Waals surface area (Å²) in [6, 6.07) is 4.04. The number of anilines is 2. The van der Waals surface area contributed by atoms with Gasteiger partial charge in [-0.15, -0.1) is 0 Å². The van der Waals surface area contributed by atoms with Gasteiger partial charge in [-0.25, -0.2) is 4.98 Å². The molecule has 4 aliphatic heterocycles. The largest absolute Gasteiger partial charge is 0.376 e. The zero-order valence-corrected chi connectivity index (χ0v) is 18.6. The maximum absolute atomic E-state index is 13.5. The average molecular weight is 436 g/mol. The Morgan fingerprint density at radius 3 is 2.78 bits per heavy atom. The van der Waals surface area contributed by atoms with Gasteiger partial charge in [-0.2, -0.15) is 0 Å². The molecule has 9 heteroatoms. The summed E-state index contributed by atoms with van der Waals surface area (Å²) in [7, 11) is 1.82. The first-order valence-electron chi connectivity index (χ1n) is 11.5. The highest BCUT2D eigenvalue weighted by molar-refractivity contribution is 6.12. The number of fused-ring (bicyclic) bond motifs is 2. The molecule has 9 nitrogen and oxygen atoms in total. The van der Waals surface area contributed by atoms with Crippen LogP contribution in [0.3, 0.4) is 0 Å². The van der Waals surface area contributed by atoms with Gasteiger partial charge < -0.3 is 20.3 Å². The Morgan fingerprint density at radius 2 is 2.03 bits per heavy atom. The third kappa shape index (κ3) is 2.77. The standard InChI is InChI=1S/C23H29N7O2/c1-14-19(24)23(13-32-14)6-10-29(11-7-23)22-27-16-12-26-20(18(16)21(31)28(22)2)30-9-5-15-17(30)4-3-8-25-15/h3-4,8,14,19H,5-7,9-13,24H2,1-2H3/t14-,19+/m0/s1. The van der Waals surface area contributed by atoms with E-state index in [1.54, 1.807) is 4.57 Å². The molecule has 1 spiro atoms. The van der Waals surface area contributed by atoms with Gasteiger partial charge in [-0.3, -0.25) is 19.3 Å². The van der Waals surface area contributed by atoms with Gasteiger partial charge in [-0.1, -0.05) is 0 Å². The molecular weight excluding hydrogens is 406 g/mol. The molecule has 2 atom stereocenters. The Balaban J connectivity index is 1.28. The Labute approximate surface area is 186 Å². The monoisotopic (exact) mass is 435 g/mol. The second-order valence-electron chi connectivity index (χ2n) is 9.50. The van der Waals surface area contributed by atoms with Crippen LogP contribution >= 0.6 is 0 Å². The second-order valence-corrected chi connectivity index (χ2v) is 9.50. The predicted molar refractivity (Wildman–Crippen MR) is 122 cm³/mol. The van der Waals surface area contributed by atoms with Crippen molar-refractivity contribution in [1.82, 2.24) is 14.5 Å². The van der Waals surface area contributed by atoms with E-state index in [1.807, 2.05) is 25.4 Å². The van der Waals surface area contributed by atoms with E-state index in [1.165, 1.54) is 0 Å². The smallest absolute Gasteiger partial charge is 0.266 e. The van der Waals surface area contributed by atoms with E-state index < -0.39 is 0 Å². The van der Waals surface area contributed by atoms with Crippen LogP contribution in [0.4, 0.5) is 11.6 Å². The molecule has 0 radical (unpaired) electrons. The van der Waals surface area contributed by atoms with E-state index >= 15 is 0 Å². The van der Waals surface area contributed by atoms with E-state index in [2.05, 4.69) is 21.7 Å². The highest BCUT2D eigenvalue weighted by Crippen LogP contribution is 2.41. The van der Waals surface area contributed by atoms with E-state index in [0.29, 0.717) is 12.1 Å². The molecule has 32 heavy (non-hydrogen) atoms. The Morgan fingerprint density at radius 1 is 1.22 bits per heavy atom. The molecule has 0 saturated carbocycles. The molecule has 6 heterocycles. The topological polar surface area (TPSA) is 102 Å². The molecule has 2 saturated heterocycles. The number of hydrogen-bond acceptors (Lipinski definition) is 8. The van der Waals surface area contributed by atoms with Crippen molar-refractivity contribution in [3.63, 3.8) is 0 Å². The zero-order chi connectivity index (χ0) is 22.0. The summed E-state index contributed by atoms with van der Waals surface area (Å²) in [5, 5.41) is 0. The third-order valence-corrected chi connectivity index (χ3v) is 7.82. The number of hydrogen-bond donors (Lipinski definition) is 1. The molecule has 0 aromatic carbocycles. The van der Waals surface area contributed by atoms with Crippen LogP contribution < -0.4 is 21.1 Å². The number of nitrogens with two attached hydrogens (primary N) is 1. The molecule has 168 valence electrons. The highest BCUT2D eigenvalue weighted by Gasteiger charge is 2.48. The van der Waals surface area contributed by atoms with Crippen LogP contribution in [-0.2, 0) is 24.8 Å². The number of rotatable bonds is 1. The SMILES string of the molecule is C[C@@H]1OCC2(CCN(c3nc4c(c(=O)n3C)C(N3CCc5ncccc53)=NC4)CC2)[C@@H]1N. The van der Waals surface area contributed by atoms with Gasteiger partial charge >= 0.3 is 0 Å². The third-order valence-electron chi connectivity index (χ3n) is 7.82. The van der Waals surface area contributed by atoms with Crippen LogP contribution in [0.1, 0.15) is 36.7 Å². The van der Waals surface area contributed by atoms with Gasteiger partial charge in [0.25, 0.3) is 5.56 Å². The number of aromatic nitrogens is 3. The lowest BCUT2D eigenvalue weighted by atomic mass is 9.73. The van der Waals surface area contributed by atoms with E-state index in [4.69, 9.17) is 20.4 Å². The molecular formula is C23H29N7O2. The average Bonchev–Trinajstić information content (AvgIpc) is 3.50. The normalized spacial score (nSPS) is 25.9. The first-order valence-corrected chi connectivity index (χ1v) is 11.5. The van der Waals surface area contributed by atoms with Crippen LogP contribution in [0.5, 0.6) is 0 Å². The lowest BCUT2D eigenvalue weighted by molar-refractivity contribution is 0.0973. The fraction of sp³-hybridized carbons (Fsp3) is 0.565. The minimum atomic E-state index is -0.0339. The number of nitrogens with zero attached hydrogens (tertiary/aromatic N) is 6. The summed E-state index contributed by atoms with van der Waals surface area (Å²) in [4.78, 5) is 32.0. The highest BCUT2D eigenvalue weighted by atomic mass is 16.5. The number of amidine groups is 1. The van der Waals surface area contributed by atoms with Crippen LogP contribution in [0.25, 0.3) is 0 Å². The first-order chi connectivity index (χ1) is 15.5. The van der Waals surface area contributed by atoms with Crippen LogP contribution in [0.2, 0.25) is 0 Å². The maximum Gasteiger partial charge on any atom is 0.266 e. The van der Waals surface area contributed by atoms with Crippen molar-refractivity contribution in [1.29, 1.82) is 0 Å². The molecule has 2 aromatic heterocycles. The summed E-state index contributed by atoms with van der Waals surface area (Å²) in [6.07, 6.45) is 4.67. The molecule has 0 amide bonds. The molecule has 0 bridgehead atoms. The Bertz CT molecular complexity index is 1170. The van der Waals surface area contributed by atoms with Crippen LogP contribution in [0, 0.1) is 5.41 Å². The van der Waals surface area contributed by atoms with Gasteiger partial charge in [0, 0.05) is 50.8 Å². The van der Waals surface area contributed by atoms with Crippen molar-refractivity contribution >= 4 is 17.5 Å². The Kier molecular flexibility index (Phi) is 4.42. The number of ether oxygens (including phenoxy) is 1. The van der Waals surface area contributed by atoms with Crippen molar-refractivity contribution in [2.24, 2.45) is 23.2 Å². The molecule has 4 aliphatic rings. The van der Waals surface area contributed by atoms with Gasteiger partial charge in [0.05, 0.1) is 36.3 Å². The predicted octanol–water partition coefficient (Wildman–Crippen LogP) is 0.831. The molecule has 2 N–H and O–H groups in total. The van der Waals surface area contributed by atoms with Crippen molar-refractivity contribution < 1.29 is 4.74 Å². The fourth-order valence-electron chi connectivity index (χ4n) is 5.76. The van der Waals surface area contributed by atoms with Gasteiger partial charge in [0.15, 0.2) is 0 Å². The van der Waals surface area contributed by atoms with Crippen molar-refractivity contribution in [2.75, 3.05) is 36.0 Å². The molecule has 0 aliphatic carbocycles. The fourth-order valence-corrected chi connectivity index (χ4v) is 5.76. The number of piperidine rings is 1. The number of aliphatic imine (C=N–C) groups is 1. The summed E-state index contributed by atoms with van der Waals surface area (Å²) in [6.45, 7) is 5.65.